The molecule has 1 aromatic carbocycles. The predicted octanol–water partition coefficient (Wildman–Crippen LogP) is 4.00. The van der Waals surface area contributed by atoms with Crippen LogP contribution >= 0.6 is 23.1 Å². The second-order valence-corrected chi connectivity index (χ2v) is 7.58. The van der Waals surface area contributed by atoms with Gasteiger partial charge < -0.3 is 10.2 Å². The van der Waals surface area contributed by atoms with Crippen LogP contribution in [0.1, 0.15) is 19.3 Å². The monoisotopic (exact) mass is 338 g/mol. The molecule has 7 heteroatoms. The molecule has 22 heavy (non-hydrogen) atoms. The lowest BCUT2D eigenvalue weighted by Gasteiger charge is -2.25. The van der Waals surface area contributed by atoms with Crippen molar-refractivity contribution < 1.29 is 4.39 Å². The average Bonchev–Trinajstić information content (AvgIpc) is 2.96. The molecule has 0 aliphatic carbocycles. The molecular formula is C15H19FN4S2. The molecule has 1 saturated heterocycles. The number of halogens is 1. The lowest BCUT2D eigenvalue weighted by molar-refractivity contribution is 0.242. The Labute approximate surface area is 138 Å². The second kappa shape index (κ2) is 7.89. The molecule has 0 saturated carbocycles. The Hall–Kier alpha value is -1.18. The smallest absolute Gasteiger partial charge is 0.210 e. The van der Waals surface area contributed by atoms with E-state index >= 15 is 0 Å². The van der Waals surface area contributed by atoms with Crippen LogP contribution in [0.15, 0.2) is 28.6 Å². The normalized spacial score (nSPS) is 15.9. The standard InChI is InChI=1S/C15H19FN4S2/c16-12-5-4-6-13(11-12)17-14-18-19-15(22-14)21-10-9-20-7-2-1-3-8-20/h4-6,11H,1-3,7-10H2,(H,17,18). The van der Waals surface area contributed by atoms with Gasteiger partial charge >= 0.3 is 0 Å². The molecular weight excluding hydrogens is 319 g/mol. The lowest BCUT2D eigenvalue weighted by Crippen LogP contribution is -2.31. The third kappa shape index (κ3) is 4.66. The fraction of sp³-hybridized carbons (Fsp3) is 0.467. The number of likely N-dealkylation sites (tertiary alicyclic amines) is 1. The summed E-state index contributed by atoms with van der Waals surface area (Å²) in [4.78, 5) is 2.52. The van der Waals surface area contributed by atoms with Crippen molar-refractivity contribution in [3.63, 3.8) is 0 Å². The number of nitrogens with zero attached hydrogens (tertiary/aromatic N) is 3. The number of anilines is 2. The minimum Gasteiger partial charge on any atom is -0.330 e. The zero-order valence-corrected chi connectivity index (χ0v) is 13.9. The van der Waals surface area contributed by atoms with Gasteiger partial charge in [0.15, 0.2) is 4.34 Å². The number of hydrogen-bond acceptors (Lipinski definition) is 6. The van der Waals surface area contributed by atoms with E-state index in [0.717, 1.165) is 16.6 Å². The molecule has 118 valence electrons. The van der Waals surface area contributed by atoms with Crippen molar-refractivity contribution in [1.29, 1.82) is 0 Å². The first-order valence-electron chi connectivity index (χ1n) is 7.51. The van der Waals surface area contributed by atoms with E-state index in [2.05, 4.69) is 20.4 Å². The van der Waals surface area contributed by atoms with Crippen LogP contribution in [0.3, 0.4) is 0 Å². The SMILES string of the molecule is Fc1cccc(Nc2nnc(SCCN3CCCCC3)s2)c1. The summed E-state index contributed by atoms with van der Waals surface area (Å²) in [5.41, 5.74) is 0.695. The van der Waals surface area contributed by atoms with Gasteiger partial charge in [0.1, 0.15) is 5.82 Å². The van der Waals surface area contributed by atoms with Crippen molar-refractivity contribution in [2.45, 2.75) is 23.6 Å². The molecule has 1 aromatic heterocycles. The molecule has 1 aliphatic rings. The van der Waals surface area contributed by atoms with E-state index in [0.29, 0.717) is 10.8 Å². The van der Waals surface area contributed by atoms with Gasteiger partial charge in [0, 0.05) is 18.0 Å². The third-order valence-corrected chi connectivity index (χ3v) is 5.52. The molecule has 0 bridgehead atoms. The van der Waals surface area contributed by atoms with Crippen LogP contribution in [-0.4, -0.2) is 40.5 Å². The predicted molar refractivity (Wildman–Crippen MR) is 90.6 cm³/mol. The summed E-state index contributed by atoms with van der Waals surface area (Å²) in [5.74, 6) is 0.778. The highest BCUT2D eigenvalue weighted by molar-refractivity contribution is 8.01. The molecule has 3 rings (SSSR count). The number of piperidine rings is 1. The zero-order valence-electron chi connectivity index (χ0n) is 12.3. The number of hydrogen-bond donors (Lipinski definition) is 1. The van der Waals surface area contributed by atoms with Crippen molar-refractivity contribution >= 4 is 33.9 Å². The van der Waals surface area contributed by atoms with E-state index in [1.54, 1.807) is 17.8 Å². The van der Waals surface area contributed by atoms with Gasteiger partial charge in [-0.05, 0) is 44.1 Å². The molecule has 1 N–H and O–H groups in total. The topological polar surface area (TPSA) is 41.1 Å². The van der Waals surface area contributed by atoms with Crippen LogP contribution in [-0.2, 0) is 0 Å². The van der Waals surface area contributed by atoms with E-state index in [9.17, 15) is 4.39 Å². The Morgan fingerprint density at radius 3 is 2.91 bits per heavy atom. The van der Waals surface area contributed by atoms with Gasteiger partial charge in [-0.25, -0.2) is 4.39 Å². The summed E-state index contributed by atoms with van der Waals surface area (Å²) in [7, 11) is 0. The minimum atomic E-state index is -0.259. The quantitative estimate of drug-likeness (QED) is 0.806. The summed E-state index contributed by atoms with van der Waals surface area (Å²) in [6.07, 6.45) is 4.02. The largest absolute Gasteiger partial charge is 0.330 e. The summed E-state index contributed by atoms with van der Waals surface area (Å²) in [6, 6.07) is 6.36. The highest BCUT2D eigenvalue weighted by atomic mass is 32.2. The van der Waals surface area contributed by atoms with Gasteiger partial charge in [-0.1, -0.05) is 35.6 Å². The van der Waals surface area contributed by atoms with E-state index in [1.165, 1.54) is 55.8 Å². The molecule has 0 radical (unpaired) electrons. The molecule has 1 fully saturated rings. The number of aromatic nitrogens is 2. The molecule has 2 heterocycles. The Bertz CT molecular complexity index is 599. The van der Waals surface area contributed by atoms with Crippen molar-refractivity contribution in [2.75, 3.05) is 30.7 Å². The van der Waals surface area contributed by atoms with Gasteiger partial charge in [-0.2, -0.15) is 0 Å². The highest BCUT2D eigenvalue weighted by Gasteiger charge is 2.11. The summed E-state index contributed by atoms with van der Waals surface area (Å²) in [6.45, 7) is 3.56. The summed E-state index contributed by atoms with van der Waals surface area (Å²) < 4.78 is 14.1. The maximum Gasteiger partial charge on any atom is 0.210 e. The van der Waals surface area contributed by atoms with Crippen molar-refractivity contribution in [1.82, 2.24) is 15.1 Å². The van der Waals surface area contributed by atoms with Crippen molar-refractivity contribution in [3.05, 3.63) is 30.1 Å². The minimum absolute atomic E-state index is 0.259. The Balaban J connectivity index is 1.46. The Morgan fingerprint density at radius 1 is 1.23 bits per heavy atom. The number of thioether (sulfide) groups is 1. The maximum atomic E-state index is 13.1. The van der Waals surface area contributed by atoms with Crippen LogP contribution in [0, 0.1) is 5.82 Å². The summed E-state index contributed by atoms with van der Waals surface area (Å²) in [5, 5.41) is 12.1. The van der Waals surface area contributed by atoms with E-state index in [-0.39, 0.29) is 5.82 Å². The highest BCUT2D eigenvalue weighted by Crippen LogP contribution is 2.28. The van der Waals surface area contributed by atoms with E-state index in [1.807, 2.05) is 6.07 Å². The number of benzene rings is 1. The molecule has 1 aliphatic heterocycles. The molecule has 4 nitrogen and oxygen atoms in total. The number of nitrogens with one attached hydrogen (secondary N) is 1. The van der Waals surface area contributed by atoms with Crippen LogP contribution in [0.25, 0.3) is 0 Å². The first-order valence-corrected chi connectivity index (χ1v) is 9.31. The first-order chi connectivity index (χ1) is 10.8. The lowest BCUT2D eigenvalue weighted by atomic mass is 10.1. The van der Waals surface area contributed by atoms with Crippen molar-refractivity contribution in [2.24, 2.45) is 0 Å². The maximum absolute atomic E-state index is 13.1. The third-order valence-electron chi connectivity index (χ3n) is 3.56. The molecule has 0 amide bonds. The van der Waals surface area contributed by atoms with E-state index < -0.39 is 0 Å². The van der Waals surface area contributed by atoms with Crippen LogP contribution in [0.5, 0.6) is 0 Å². The molecule has 0 spiro atoms. The van der Waals surface area contributed by atoms with Gasteiger partial charge in [-0.15, -0.1) is 10.2 Å². The molecule has 0 atom stereocenters. The van der Waals surface area contributed by atoms with Crippen LogP contribution in [0.2, 0.25) is 0 Å². The fourth-order valence-electron chi connectivity index (χ4n) is 2.45. The van der Waals surface area contributed by atoms with E-state index in [4.69, 9.17) is 0 Å². The molecule has 0 unspecified atom stereocenters. The fourth-order valence-corrected chi connectivity index (χ4v) is 4.30. The zero-order chi connectivity index (χ0) is 15.2. The van der Waals surface area contributed by atoms with Crippen molar-refractivity contribution in [3.8, 4) is 0 Å². The first kappa shape index (κ1) is 15.7. The second-order valence-electron chi connectivity index (χ2n) is 5.26. The Kier molecular flexibility index (Phi) is 5.64. The van der Waals surface area contributed by atoms with Crippen LogP contribution < -0.4 is 5.32 Å². The van der Waals surface area contributed by atoms with Gasteiger partial charge in [0.25, 0.3) is 0 Å². The van der Waals surface area contributed by atoms with Gasteiger partial charge in [0.2, 0.25) is 5.13 Å². The van der Waals surface area contributed by atoms with Gasteiger partial charge in [0.05, 0.1) is 0 Å². The average molecular weight is 338 g/mol. The van der Waals surface area contributed by atoms with Gasteiger partial charge in [-0.3, -0.25) is 0 Å². The van der Waals surface area contributed by atoms with Crippen LogP contribution in [0.4, 0.5) is 15.2 Å². The Morgan fingerprint density at radius 2 is 2.09 bits per heavy atom. The molecule has 2 aromatic rings. The summed E-state index contributed by atoms with van der Waals surface area (Å²) >= 11 is 3.25. The number of rotatable bonds is 6.